The molecule has 0 saturated carbocycles. The molecule has 0 fully saturated rings. The Morgan fingerprint density at radius 3 is 2.05 bits per heavy atom. The SMILES string of the molecule is CC(=O)C[C@@H](OC(=O)CCC(=O)O)C(=O)OC(C)(C)C. The van der Waals surface area contributed by atoms with Gasteiger partial charge in [0.25, 0.3) is 0 Å². The van der Waals surface area contributed by atoms with Gasteiger partial charge in [-0.05, 0) is 27.7 Å². The zero-order chi connectivity index (χ0) is 15.9. The zero-order valence-electron chi connectivity index (χ0n) is 12.1. The fourth-order valence-corrected chi connectivity index (χ4v) is 1.23. The zero-order valence-corrected chi connectivity index (χ0v) is 12.1. The molecule has 0 rings (SSSR count). The molecule has 0 heterocycles. The van der Waals surface area contributed by atoms with Gasteiger partial charge in [0, 0.05) is 0 Å². The van der Waals surface area contributed by atoms with Crippen LogP contribution in [0.3, 0.4) is 0 Å². The Bertz CT molecular complexity index is 392. The van der Waals surface area contributed by atoms with E-state index in [0.717, 1.165) is 0 Å². The Balaban J connectivity index is 4.63. The third kappa shape index (κ3) is 9.07. The lowest BCUT2D eigenvalue weighted by molar-refractivity contribution is -0.177. The van der Waals surface area contributed by atoms with Crippen molar-refractivity contribution < 1.29 is 33.8 Å². The van der Waals surface area contributed by atoms with Crippen molar-refractivity contribution in [1.29, 1.82) is 0 Å². The molecule has 20 heavy (non-hydrogen) atoms. The molecule has 0 aromatic rings. The average Bonchev–Trinajstić information content (AvgIpc) is 2.22. The Hall–Kier alpha value is -1.92. The van der Waals surface area contributed by atoms with Gasteiger partial charge in [-0.3, -0.25) is 14.4 Å². The summed E-state index contributed by atoms with van der Waals surface area (Å²) in [5.41, 5.74) is -0.778. The van der Waals surface area contributed by atoms with Gasteiger partial charge in [0.1, 0.15) is 11.4 Å². The van der Waals surface area contributed by atoms with Crippen molar-refractivity contribution in [3.63, 3.8) is 0 Å². The van der Waals surface area contributed by atoms with Gasteiger partial charge in [-0.2, -0.15) is 0 Å². The topological polar surface area (TPSA) is 107 Å². The normalized spacial score (nSPS) is 12.4. The fraction of sp³-hybridized carbons (Fsp3) is 0.692. The first-order valence-electron chi connectivity index (χ1n) is 6.15. The first kappa shape index (κ1) is 18.1. The summed E-state index contributed by atoms with van der Waals surface area (Å²) in [6.07, 6.45) is -2.41. The third-order valence-corrected chi connectivity index (χ3v) is 1.96. The molecular weight excluding hydrogens is 268 g/mol. The summed E-state index contributed by atoms with van der Waals surface area (Å²) in [7, 11) is 0. The highest BCUT2D eigenvalue weighted by atomic mass is 16.6. The summed E-state index contributed by atoms with van der Waals surface area (Å²) in [6, 6.07) is 0. The van der Waals surface area contributed by atoms with Crippen LogP contribution in [0.25, 0.3) is 0 Å². The summed E-state index contributed by atoms with van der Waals surface area (Å²) >= 11 is 0. The van der Waals surface area contributed by atoms with E-state index in [0.29, 0.717) is 0 Å². The molecule has 0 aliphatic rings. The van der Waals surface area contributed by atoms with Gasteiger partial charge in [-0.15, -0.1) is 0 Å². The maximum absolute atomic E-state index is 11.8. The first-order chi connectivity index (χ1) is 9.01. The van der Waals surface area contributed by atoms with Crippen molar-refractivity contribution in [2.45, 2.75) is 58.7 Å². The minimum absolute atomic E-state index is 0.298. The maximum atomic E-state index is 11.8. The predicted molar refractivity (Wildman–Crippen MR) is 67.9 cm³/mol. The van der Waals surface area contributed by atoms with E-state index in [1.54, 1.807) is 20.8 Å². The summed E-state index contributed by atoms with van der Waals surface area (Å²) in [6.45, 7) is 6.17. The minimum Gasteiger partial charge on any atom is -0.481 e. The molecule has 0 aliphatic heterocycles. The first-order valence-corrected chi connectivity index (χ1v) is 6.15. The van der Waals surface area contributed by atoms with E-state index >= 15 is 0 Å². The number of aliphatic carboxylic acids is 1. The summed E-state index contributed by atoms with van der Waals surface area (Å²) < 4.78 is 9.86. The number of ketones is 1. The number of Topliss-reactive ketones (excluding diaryl/α,β-unsaturated/α-hetero) is 1. The molecule has 0 saturated heterocycles. The van der Waals surface area contributed by atoms with Crippen LogP contribution in [-0.2, 0) is 28.7 Å². The summed E-state index contributed by atoms with van der Waals surface area (Å²) in [5.74, 6) is -3.17. The van der Waals surface area contributed by atoms with Crippen LogP contribution in [0.5, 0.6) is 0 Å². The molecule has 0 spiro atoms. The molecule has 7 heteroatoms. The van der Waals surface area contributed by atoms with Gasteiger partial charge in [0.05, 0.1) is 19.3 Å². The molecule has 114 valence electrons. The van der Waals surface area contributed by atoms with Crippen molar-refractivity contribution in [2.24, 2.45) is 0 Å². The lowest BCUT2D eigenvalue weighted by Gasteiger charge is -2.23. The molecule has 0 amide bonds. The molecule has 0 aliphatic carbocycles. The number of ether oxygens (including phenoxy) is 2. The number of hydrogen-bond donors (Lipinski definition) is 1. The Kier molecular flexibility index (Phi) is 6.89. The maximum Gasteiger partial charge on any atom is 0.348 e. The lowest BCUT2D eigenvalue weighted by atomic mass is 10.1. The van der Waals surface area contributed by atoms with Crippen LogP contribution < -0.4 is 0 Å². The van der Waals surface area contributed by atoms with Crippen LogP contribution in [0.4, 0.5) is 0 Å². The number of carbonyl (C=O) groups is 4. The third-order valence-electron chi connectivity index (χ3n) is 1.96. The average molecular weight is 288 g/mol. The van der Waals surface area contributed by atoms with Crippen molar-refractivity contribution in [3.05, 3.63) is 0 Å². The van der Waals surface area contributed by atoms with Gasteiger partial charge >= 0.3 is 17.9 Å². The van der Waals surface area contributed by atoms with Gasteiger partial charge < -0.3 is 14.6 Å². The minimum atomic E-state index is -1.34. The largest absolute Gasteiger partial charge is 0.481 e. The van der Waals surface area contributed by atoms with E-state index in [4.69, 9.17) is 14.6 Å². The number of carboxylic acid groups (broad SMARTS) is 1. The Labute approximate surface area is 117 Å². The van der Waals surface area contributed by atoms with Crippen LogP contribution in [0.2, 0.25) is 0 Å². The van der Waals surface area contributed by atoms with Crippen molar-refractivity contribution in [2.75, 3.05) is 0 Å². The second-order valence-electron chi connectivity index (χ2n) is 5.31. The van der Waals surface area contributed by atoms with Crippen LogP contribution in [0, 0.1) is 0 Å². The number of rotatable bonds is 7. The monoisotopic (exact) mass is 288 g/mol. The number of hydrogen-bond acceptors (Lipinski definition) is 6. The van der Waals surface area contributed by atoms with Crippen LogP contribution >= 0.6 is 0 Å². The van der Waals surface area contributed by atoms with E-state index in [1.165, 1.54) is 6.92 Å². The second-order valence-corrected chi connectivity index (χ2v) is 5.31. The summed E-state index contributed by atoms with van der Waals surface area (Å²) in [4.78, 5) is 44.6. The standard InChI is InChI=1S/C13H20O7/c1-8(14)7-9(12(18)20-13(2,3)4)19-11(17)6-5-10(15)16/h9H,5-7H2,1-4H3,(H,15,16)/t9-/m1/s1. The Morgan fingerprint density at radius 1 is 1.10 bits per heavy atom. The van der Waals surface area contributed by atoms with Crippen LogP contribution in [-0.4, -0.2) is 40.5 Å². The number of esters is 2. The Morgan fingerprint density at radius 2 is 1.65 bits per heavy atom. The van der Waals surface area contributed by atoms with Gasteiger partial charge in [-0.1, -0.05) is 0 Å². The lowest BCUT2D eigenvalue weighted by Crippen LogP contribution is -2.36. The van der Waals surface area contributed by atoms with E-state index in [2.05, 4.69) is 0 Å². The van der Waals surface area contributed by atoms with Crippen molar-refractivity contribution in [1.82, 2.24) is 0 Å². The molecule has 1 atom stereocenters. The predicted octanol–water partition coefficient (Wildman–Crippen LogP) is 1.08. The highest BCUT2D eigenvalue weighted by molar-refractivity contribution is 5.87. The number of carboxylic acids is 1. The summed E-state index contributed by atoms with van der Waals surface area (Å²) in [5, 5.41) is 8.45. The molecule has 0 radical (unpaired) electrons. The van der Waals surface area contributed by atoms with Gasteiger partial charge in [0.2, 0.25) is 6.10 Å². The quantitative estimate of drug-likeness (QED) is 0.698. The molecule has 1 N–H and O–H groups in total. The van der Waals surface area contributed by atoms with E-state index in [-0.39, 0.29) is 18.6 Å². The fourth-order valence-electron chi connectivity index (χ4n) is 1.23. The molecule has 0 aromatic carbocycles. The van der Waals surface area contributed by atoms with Crippen molar-refractivity contribution in [3.8, 4) is 0 Å². The van der Waals surface area contributed by atoms with Gasteiger partial charge in [-0.25, -0.2) is 4.79 Å². The molecular formula is C13H20O7. The van der Waals surface area contributed by atoms with Gasteiger partial charge in [0.15, 0.2) is 0 Å². The molecule has 0 bridgehead atoms. The van der Waals surface area contributed by atoms with Crippen LogP contribution in [0.1, 0.15) is 47.0 Å². The van der Waals surface area contributed by atoms with E-state index in [1.807, 2.05) is 0 Å². The van der Waals surface area contributed by atoms with E-state index < -0.39 is 36.0 Å². The highest BCUT2D eigenvalue weighted by Crippen LogP contribution is 2.13. The van der Waals surface area contributed by atoms with Crippen molar-refractivity contribution >= 4 is 23.7 Å². The molecule has 0 unspecified atom stereocenters. The van der Waals surface area contributed by atoms with E-state index in [9.17, 15) is 19.2 Å². The second kappa shape index (κ2) is 7.62. The van der Waals surface area contributed by atoms with Crippen LogP contribution in [0.15, 0.2) is 0 Å². The highest BCUT2D eigenvalue weighted by Gasteiger charge is 2.29. The molecule has 0 aromatic heterocycles. The number of carbonyl (C=O) groups excluding carboxylic acids is 3. The molecule has 7 nitrogen and oxygen atoms in total. The smallest absolute Gasteiger partial charge is 0.348 e.